The third kappa shape index (κ3) is 4.36. The number of aryl methyl sites for hydroxylation is 1. The standard InChI is InChI=1S/C21H30N4O.ClH/c1-6-16-7-9-17(10-8-16)19-14-22-11-12-24(19)20(26)18-13-23-25(15(18)2)21(3,4)5;/h7-10,13,19,22H,6,11-12,14H2,1-5H3;1H. The van der Waals surface area contributed by atoms with Crippen molar-refractivity contribution < 1.29 is 4.79 Å². The predicted octanol–water partition coefficient (Wildman–Crippen LogP) is 3.72. The first-order chi connectivity index (χ1) is 12.3. The summed E-state index contributed by atoms with van der Waals surface area (Å²) in [6.45, 7) is 12.8. The van der Waals surface area contributed by atoms with Crippen LogP contribution in [0.1, 0.15) is 60.9 Å². The van der Waals surface area contributed by atoms with Crippen molar-refractivity contribution in [3.63, 3.8) is 0 Å². The Bertz CT molecular complexity index is 776. The van der Waals surface area contributed by atoms with Gasteiger partial charge < -0.3 is 10.2 Å². The van der Waals surface area contributed by atoms with Crippen LogP contribution < -0.4 is 5.32 Å². The van der Waals surface area contributed by atoms with Gasteiger partial charge in [-0.05, 0) is 45.2 Å². The maximum atomic E-state index is 13.3. The minimum absolute atomic E-state index is 0. The molecule has 1 amide bonds. The highest BCUT2D eigenvalue weighted by molar-refractivity contribution is 5.95. The van der Waals surface area contributed by atoms with Crippen molar-refractivity contribution in [1.82, 2.24) is 20.0 Å². The third-order valence-corrected chi connectivity index (χ3v) is 5.15. The summed E-state index contributed by atoms with van der Waals surface area (Å²) in [6, 6.07) is 8.69. The molecule has 5 nitrogen and oxygen atoms in total. The van der Waals surface area contributed by atoms with Crippen LogP contribution in [-0.4, -0.2) is 40.2 Å². The Morgan fingerprint density at radius 1 is 1.26 bits per heavy atom. The molecule has 1 atom stereocenters. The molecule has 0 saturated carbocycles. The molecular formula is C21H31ClN4O. The molecule has 0 spiro atoms. The maximum absolute atomic E-state index is 13.3. The normalized spacial score (nSPS) is 17.5. The number of hydrogen-bond acceptors (Lipinski definition) is 3. The number of amides is 1. The summed E-state index contributed by atoms with van der Waals surface area (Å²) in [5, 5.41) is 7.90. The highest BCUT2D eigenvalue weighted by Gasteiger charge is 2.31. The van der Waals surface area contributed by atoms with E-state index in [4.69, 9.17) is 0 Å². The number of rotatable bonds is 3. The molecule has 1 aromatic heterocycles. The number of aromatic nitrogens is 2. The van der Waals surface area contributed by atoms with E-state index in [1.807, 2.05) is 16.5 Å². The molecule has 1 aliphatic heterocycles. The molecule has 1 N–H and O–H groups in total. The number of halogens is 1. The minimum atomic E-state index is -0.137. The molecule has 0 bridgehead atoms. The number of hydrogen-bond donors (Lipinski definition) is 1. The van der Waals surface area contributed by atoms with Gasteiger partial charge in [-0.2, -0.15) is 5.10 Å². The third-order valence-electron chi connectivity index (χ3n) is 5.15. The minimum Gasteiger partial charge on any atom is -0.329 e. The molecule has 1 unspecified atom stereocenters. The van der Waals surface area contributed by atoms with Gasteiger partial charge in [0.2, 0.25) is 0 Å². The highest BCUT2D eigenvalue weighted by atomic mass is 35.5. The molecule has 2 aromatic rings. The van der Waals surface area contributed by atoms with Gasteiger partial charge in [0.05, 0.1) is 23.3 Å². The maximum Gasteiger partial charge on any atom is 0.257 e. The molecule has 6 heteroatoms. The SMILES string of the molecule is CCc1ccc(C2CNCCN2C(=O)c2cnn(C(C)(C)C)c2C)cc1.Cl. The van der Waals surface area contributed by atoms with Crippen LogP contribution in [0.2, 0.25) is 0 Å². The van der Waals surface area contributed by atoms with E-state index in [1.54, 1.807) is 6.20 Å². The quantitative estimate of drug-likeness (QED) is 0.868. The van der Waals surface area contributed by atoms with Crippen molar-refractivity contribution in [2.24, 2.45) is 0 Å². The first-order valence-corrected chi connectivity index (χ1v) is 9.48. The van der Waals surface area contributed by atoms with Crippen LogP contribution in [0.5, 0.6) is 0 Å². The largest absolute Gasteiger partial charge is 0.329 e. The lowest BCUT2D eigenvalue weighted by molar-refractivity contribution is 0.0633. The lowest BCUT2D eigenvalue weighted by atomic mass is 10.00. The molecule has 1 saturated heterocycles. The first kappa shape index (κ1) is 21.5. The fourth-order valence-corrected chi connectivity index (χ4v) is 3.67. The van der Waals surface area contributed by atoms with E-state index in [2.05, 4.69) is 62.4 Å². The van der Waals surface area contributed by atoms with Gasteiger partial charge in [0.15, 0.2) is 0 Å². The van der Waals surface area contributed by atoms with E-state index in [-0.39, 0.29) is 29.9 Å². The first-order valence-electron chi connectivity index (χ1n) is 9.48. The van der Waals surface area contributed by atoms with Crippen LogP contribution in [-0.2, 0) is 12.0 Å². The molecular weight excluding hydrogens is 360 g/mol. The lowest BCUT2D eigenvalue weighted by Gasteiger charge is -2.36. The predicted molar refractivity (Wildman–Crippen MR) is 112 cm³/mol. The van der Waals surface area contributed by atoms with Crippen LogP contribution in [0.4, 0.5) is 0 Å². The number of piperazine rings is 1. The topological polar surface area (TPSA) is 50.2 Å². The summed E-state index contributed by atoms with van der Waals surface area (Å²) in [7, 11) is 0. The molecule has 2 heterocycles. The fraction of sp³-hybridized carbons (Fsp3) is 0.524. The second-order valence-corrected chi connectivity index (χ2v) is 8.04. The second-order valence-electron chi connectivity index (χ2n) is 8.04. The number of nitrogens with one attached hydrogen (secondary N) is 1. The zero-order chi connectivity index (χ0) is 18.9. The average molecular weight is 391 g/mol. The fourth-order valence-electron chi connectivity index (χ4n) is 3.67. The van der Waals surface area contributed by atoms with E-state index in [0.29, 0.717) is 12.1 Å². The van der Waals surface area contributed by atoms with Gasteiger partial charge in [-0.25, -0.2) is 0 Å². The van der Waals surface area contributed by atoms with Crippen molar-refractivity contribution in [2.75, 3.05) is 19.6 Å². The van der Waals surface area contributed by atoms with E-state index in [9.17, 15) is 4.79 Å². The van der Waals surface area contributed by atoms with Gasteiger partial charge in [-0.1, -0.05) is 31.2 Å². The van der Waals surface area contributed by atoms with Crippen molar-refractivity contribution in [1.29, 1.82) is 0 Å². The molecule has 1 aliphatic rings. The van der Waals surface area contributed by atoms with Crippen LogP contribution in [0.3, 0.4) is 0 Å². The summed E-state index contributed by atoms with van der Waals surface area (Å²) < 4.78 is 1.94. The zero-order valence-electron chi connectivity index (χ0n) is 17.0. The molecule has 148 valence electrons. The van der Waals surface area contributed by atoms with Crippen molar-refractivity contribution in [3.05, 3.63) is 52.8 Å². The Kier molecular flexibility index (Phi) is 6.71. The zero-order valence-corrected chi connectivity index (χ0v) is 17.8. The van der Waals surface area contributed by atoms with Gasteiger partial charge in [0.25, 0.3) is 5.91 Å². The summed E-state index contributed by atoms with van der Waals surface area (Å²) in [5.41, 5.74) is 4.00. The molecule has 0 radical (unpaired) electrons. The monoisotopic (exact) mass is 390 g/mol. The Labute approximate surface area is 168 Å². The smallest absolute Gasteiger partial charge is 0.257 e. The number of benzene rings is 1. The summed E-state index contributed by atoms with van der Waals surface area (Å²) in [5.74, 6) is 0.0732. The molecule has 27 heavy (non-hydrogen) atoms. The van der Waals surface area contributed by atoms with E-state index in [0.717, 1.165) is 25.2 Å². The Hall–Kier alpha value is -1.85. The summed E-state index contributed by atoms with van der Waals surface area (Å²) >= 11 is 0. The Morgan fingerprint density at radius 2 is 1.93 bits per heavy atom. The van der Waals surface area contributed by atoms with Crippen LogP contribution in [0, 0.1) is 6.92 Å². The van der Waals surface area contributed by atoms with Crippen LogP contribution in [0.15, 0.2) is 30.5 Å². The number of carbonyl (C=O) groups excluding carboxylic acids is 1. The van der Waals surface area contributed by atoms with Gasteiger partial charge in [0.1, 0.15) is 0 Å². The average Bonchev–Trinajstić information content (AvgIpc) is 3.03. The van der Waals surface area contributed by atoms with Crippen LogP contribution >= 0.6 is 12.4 Å². The number of nitrogens with zero attached hydrogens (tertiary/aromatic N) is 3. The summed E-state index contributed by atoms with van der Waals surface area (Å²) in [4.78, 5) is 15.3. The molecule has 0 aliphatic carbocycles. The van der Waals surface area contributed by atoms with E-state index in [1.165, 1.54) is 11.1 Å². The molecule has 1 fully saturated rings. The molecule has 3 rings (SSSR count). The highest BCUT2D eigenvalue weighted by Crippen LogP contribution is 2.26. The van der Waals surface area contributed by atoms with Gasteiger partial charge in [-0.15, -0.1) is 12.4 Å². The van der Waals surface area contributed by atoms with Crippen LogP contribution in [0.25, 0.3) is 0 Å². The van der Waals surface area contributed by atoms with Crippen molar-refractivity contribution in [3.8, 4) is 0 Å². The van der Waals surface area contributed by atoms with E-state index >= 15 is 0 Å². The Morgan fingerprint density at radius 3 is 2.48 bits per heavy atom. The van der Waals surface area contributed by atoms with Crippen molar-refractivity contribution >= 4 is 18.3 Å². The van der Waals surface area contributed by atoms with Crippen molar-refractivity contribution in [2.45, 2.75) is 52.6 Å². The number of carbonyl (C=O) groups is 1. The Balaban J connectivity index is 0.00000261. The van der Waals surface area contributed by atoms with Gasteiger partial charge in [-0.3, -0.25) is 9.48 Å². The lowest BCUT2D eigenvalue weighted by Crippen LogP contribution is -2.48. The second kappa shape index (κ2) is 8.44. The molecule has 1 aromatic carbocycles. The van der Waals surface area contributed by atoms with Gasteiger partial charge in [0, 0.05) is 25.3 Å². The summed E-state index contributed by atoms with van der Waals surface area (Å²) in [6.07, 6.45) is 2.75. The van der Waals surface area contributed by atoms with Gasteiger partial charge >= 0.3 is 0 Å². The van der Waals surface area contributed by atoms with E-state index < -0.39 is 0 Å².